The highest BCUT2D eigenvalue weighted by atomic mass is 32.2. The van der Waals surface area contributed by atoms with Gasteiger partial charge in [0.05, 0.1) is 5.69 Å². The van der Waals surface area contributed by atoms with Crippen LogP contribution in [0.25, 0.3) is 0 Å². The van der Waals surface area contributed by atoms with Crippen molar-refractivity contribution >= 4 is 27.5 Å². The SMILES string of the molecule is CSc1ccc(Oc2cccc(S(N)(=O)=O)c2N)cc1. The van der Waals surface area contributed by atoms with Crippen LogP contribution in [0.5, 0.6) is 11.5 Å². The Morgan fingerprint density at radius 3 is 2.30 bits per heavy atom. The number of hydrogen-bond acceptors (Lipinski definition) is 5. The van der Waals surface area contributed by atoms with E-state index in [1.165, 1.54) is 12.1 Å². The maximum absolute atomic E-state index is 11.4. The Morgan fingerprint density at radius 1 is 1.10 bits per heavy atom. The second-order valence-corrected chi connectivity index (χ2v) is 6.40. The summed E-state index contributed by atoms with van der Waals surface area (Å²) in [5, 5.41) is 5.09. The number of thioether (sulfide) groups is 1. The van der Waals surface area contributed by atoms with Crippen LogP contribution in [0.15, 0.2) is 52.3 Å². The van der Waals surface area contributed by atoms with Crippen molar-refractivity contribution in [3.63, 3.8) is 0 Å². The molecule has 0 aromatic heterocycles. The third kappa shape index (κ3) is 3.24. The zero-order chi connectivity index (χ0) is 14.8. The highest BCUT2D eigenvalue weighted by Gasteiger charge is 2.15. The van der Waals surface area contributed by atoms with E-state index in [1.54, 1.807) is 30.0 Å². The maximum atomic E-state index is 11.4. The normalized spacial score (nSPS) is 11.3. The van der Waals surface area contributed by atoms with E-state index in [1.807, 2.05) is 18.4 Å². The molecule has 2 aromatic carbocycles. The van der Waals surface area contributed by atoms with Gasteiger partial charge in [-0.05, 0) is 42.7 Å². The minimum atomic E-state index is -3.87. The first kappa shape index (κ1) is 14.7. The molecule has 20 heavy (non-hydrogen) atoms. The monoisotopic (exact) mass is 310 g/mol. The molecule has 0 saturated heterocycles. The smallest absolute Gasteiger partial charge is 0.240 e. The second kappa shape index (κ2) is 5.74. The van der Waals surface area contributed by atoms with Crippen molar-refractivity contribution in [3.8, 4) is 11.5 Å². The van der Waals surface area contributed by atoms with Gasteiger partial charge in [-0.1, -0.05) is 6.07 Å². The molecule has 0 radical (unpaired) electrons. The van der Waals surface area contributed by atoms with Gasteiger partial charge in [-0.25, -0.2) is 13.6 Å². The predicted molar refractivity (Wildman–Crippen MR) is 80.5 cm³/mol. The number of benzene rings is 2. The van der Waals surface area contributed by atoms with Gasteiger partial charge in [-0.15, -0.1) is 11.8 Å². The lowest BCUT2D eigenvalue weighted by atomic mass is 10.3. The number of nitrogen functional groups attached to an aromatic ring is 1. The van der Waals surface area contributed by atoms with Crippen LogP contribution in [0, 0.1) is 0 Å². The molecule has 0 saturated carbocycles. The van der Waals surface area contributed by atoms with E-state index in [9.17, 15) is 8.42 Å². The highest BCUT2D eigenvalue weighted by molar-refractivity contribution is 7.98. The third-order valence-corrected chi connectivity index (χ3v) is 4.33. The molecule has 7 heteroatoms. The molecule has 0 atom stereocenters. The molecule has 106 valence electrons. The molecule has 0 heterocycles. The van der Waals surface area contributed by atoms with Crippen LogP contribution in [-0.2, 0) is 10.0 Å². The van der Waals surface area contributed by atoms with E-state index in [0.717, 1.165) is 4.90 Å². The first-order chi connectivity index (χ1) is 9.41. The molecule has 2 aromatic rings. The zero-order valence-electron chi connectivity index (χ0n) is 10.7. The summed E-state index contributed by atoms with van der Waals surface area (Å²) in [5.74, 6) is 0.828. The molecular weight excluding hydrogens is 296 g/mol. The van der Waals surface area contributed by atoms with E-state index < -0.39 is 10.0 Å². The zero-order valence-corrected chi connectivity index (χ0v) is 12.4. The van der Waals surface area contributed by atoms with Crippen molar-refractivity contribution in [2.24, 2.45) is 5.14 Å². The van der Waals surface area contributed by atoms with Crippen LogP contribution >= 0.6 is 11.8 Å². The number of nitrogens with two attached hydrogens (primary N) is 2. The van der Waals surface area contributed by atoms with Crippen LogP contribution in [0.1, 0.15) is 0 Å². The van der Waals surface area contributed by atoms with E-state index in [2.05, 4.69) is 0 Å². The van der Waals surface area contributed by atoms with E-state index >= 15 is 0 Å². The van der Waals surface area contributed by atoms with Crippen LogP contribution in [0.2, 0.25) is 0 Å². The van der Waals surface area contributed by atoms with Gasteiger partial charge in [0.2, 0.25) is 10.0 Å². The molecule has 4 N–H and O–H groups in total. The van der Waals surface area contributed by atoms with Crippen LogP contribution in [-0.4, -0.2) is 14.7 Å². The number of para-hydroxylation sites is 1. The number of sulfonamides is 1. The molecule has 0 spiro atoms. The molecule has 0 unspecified atom stereocenters. The summed E-state index contributed by atoms with van der Waals surface area (Å²) in [6.45, 7) is 0. The van der Waals surface area contributed by atoms with Gasteiger partial charge in [0.15, 0.2) is 5.75 Å². The first-order valence-corrected chi connectivity index (χ1v) is 8.42. The standard InChI is InChI=1S/C13H14N2O3S2/c1-19-10-7-5-9(6-8-10)18-11-3-2-4-12(13(11)14)20(15,16)17/h2-8H,14H2,1H3,(H2,15,16,17). The fraction of sp³-hybridized carbons (Fsp3) is 0.0769. The Bertz CT molecular complexity index is 713. The van der Waals surface area contributed by atoms with Crippen LogP contribution < -0.4 is 15.6 Å². The summed E-state index contributed by atoms with van der Waals surface area (Å²) in [4.78, 5) is 0.958. The molecule has 2 rings (SSSR count). The fourth-order valence-electron chi connectivity index (χ4n) is 1.63. The number of hydrogen-bond donors (Lipinski definition) is 2. The lowest BCUT2D eigenvalue weighted by Gasteiger charge is -2.11. The van der Waals surface area contributed by atoms with Crippen molar-refractivity contribution in [2.75, 3.05) is 12.0 Å². The molecular formula is C13H14N2O3S2. The van der Waals surface area contributed by atoms with Crippen molar-refractivity contribution in [3.05, 3.63) is 42.5 Å². The van der Waals surface area contributed by atoms with Gasteiger partial charge in [0.1, 0.15) is 10.6 Å². The van der Waals surface area contributed by atoms with Crippen molar-refractivity contribution in [2.45, 2.75) is 9.79 Å². The maximum Gasteiger partial charge on any atom is 0.240 e. The van der Waals surface area contributed by atoms with Gasteiger partial charge in [-0.3, -0.25) is 0 Å². The van der Waals surface area contributed by atoms with Gasteiger partial charge in [0.25, 0.3) is 0 Å². The van der Waals surface area contributed by atoms with E-state index in [4.69, 9.17) is 15.6 Å². The van der Waals surface area contributed by atoms with Crippen LogP contribution in [0.3, 0.4) is 0 Å². The van der Waals surface area contributed by atoms with Gasteiger partial charge in [0, 0.05) is 4.90 Å². The molecule has 0 fully saturated rings. The van der Waals surface area contributed by atoms with Crippen molar-refractivity contribution < 1.29 is 13.2 Å². The lowest BCUT2D eigenvalue weighted by molar-refractivity contribution is 0.483. The largest absolute Gasteiger partial charge is 0.455 e. The van der Waals surface area contributed by atoms with Crippen molar-refractivity contribution in [1.29, 1.82) is 0 Å². The Labute approximate surface area is 122 Å². The van der Waals surface area contributed by atoms with E-state index in [0.29, 0.717) is 5.75 Å². The Hall–Kier alpha value is -1.70. The quantitative estimate of drug-likeness (QED) is 0.668. The third-order valence-electron chi connectivity index (χ3n) is 2.62. The Balaban J connectivity index is 2.34. The number of rotatable bonds is 4. The highest BCUT2D eigenvalue weighted by Crippen LogP contribution is 2.32. The molecule has 0 aliphatic rings. The minimum absolute atomic E-state index is 0.00365. The first-order valence-electron chi connectivity index (χ1n) is 5.65. The average Bonchev–Trinajstić information content (AvgIpc) is 2.40. The number of primary sulfonamides is 1. The summed E-state index contributed by atoms with van der Waals surface area (Å²) in [7, 11) is -3.87. The van der Waals surface area contributed by atoms with E-state index in [-0.39, 0.29) is 16.3 Å². The fourth-order valence-corrected chi connectivity index (χ4v) is 2.72. The predicted octanol–water partition coefficient (Wildman–Crippen LogP) is 2.43. The van der Waals surface area contributed by atoms with Crippen LogP contribution in [0.4, 0.5) is 5.69 Å². The minimum Gasteiger partial charge on any atom is -0.455 e. The topological polar surface area (TPSA) is 95.4 Å². The molecule has 0 aliphatic heterocycles. The summed E-state index contributed by atoms with van der Waals surface area (Å²) in [6.07, 6.45) is 1.98. The Morgan fingerprint density at radius 2 is 1.75 bits per heavy atom. The second-order valence-electron chi connectivity index (χ2n) is 3.99. The number of anilines is 1. The summed E-state index contributed by atoms with van der Waals surface area (Å²) in [6, 6.07) is 11.8. The summed E-state index contributed by atoms with van der Waals surface area (Å²) >= 11 is 1.62. The lowest BCUT2D eigenvalue weighted by Crippen LogP contribution is -2.14. The summed E-state index contributed by atoms with van der Waals surface area (Å²) in [5.41, 5.74) is 5.79. The van der Waals surface area contributed by atoms with Gasteiger partial charge in [-0.2, -0.15) is 0 Å². The number of ether oxygens (including phenoxy) is 1. The Kier molecular flexibility index (Phi) is 4.22. The van der Waals surface area contributed by atoms with Gasteiger partial charge < -0.3 is 10.5 Å². The van der Waals surface area contributed by atoms with Gasteiger partial charge >= 0.3 is 0 Å². The molecule has 0 amide bonds. The molecule has 0 aliphatic carbocycles. The molecule has 5 nitrogen and oxygen atoms in total. The average molecular weight is 310 g/mol. The molecule has 0 bridgehead atoms. The van der Waals surface area contributed by atoms with Crippen molar-refractivity contribution in [1.82, 2.24) is 0 Å². The summed E-state index contributed by atoms with van der Waals surface area (Å²) < 4.78 is 28.4.